The van der Waals surface area contributed by atoms with Crippen molar-refractivity contribution < 1.29 is 14.3 Å². The molecular weight excluding hydrogens is 290 g/mol. The maximum absolute atomic E-state index is 12.5. The first-order chi connectivity index (χ1) is 10.8. The number of hydrogen-bond donors (Lipinski definition) is 1. The van der Waals surface area contributed by atoms with Crippen LogP contribution in [-0.2, 0) is 9.53 Å². The predicted molar refractivity (Wildman–Crippen MR) is 90.1 cm³/mol. The van der Waals surface area contributed by atoms with Crippen LogP contribution in [0.25, 0.3) is 0 Å². The Morgan fingerprint density at radius 3 is 2.48 bits per heavy atom. The lowest BCUT2D eigenvalue weighted by atomic mass is 9.73. The quantitative estimate of drug-likeness (QED) is 0.906. The summed E-state index contributed by atoms with van der Waals surface area (Å²) >= 11 is 0. The van der Waals surface area contributed by atoms with E-state index in [0.29, 0.717) is 6.42 Å². The fourth-order valence-corrected chi connectivity index (χ4v) is 3.25. The van der Waals surface area contributed by atoms with Crippen LogP contribution in [0, 0.1) is 11.8 Å². The van der Waals surface area contributed by atoms with E-state index in [1.165, 1.54) is 0 Å². The van der Waals surface area contributed by atoms with Crippen molar-refractivity contribution in [2.45, 2.75) is 58.6 Å². The molecule has 0 saturated heterocycles. The molecule has 0 heterocycles. The van der Waals surface area contributed by atoms with E-state index in [-0.39, 0.29) is 23.7 Å². The lowest BCUT2D eigenvalue weighted by Gasteiger charge is -2.35. The fourth-order valence-electron chi connectivity index (χ4n) is 3.25. The summed E-state index contributed by atoms with van der Waals surface area (Å²) in [5.41, 5.74) is 0.388. The molecular formula is C19H27NO3. The second kappa shape index (κ2) is 7.16. The van der Waals surface area contributed by atoms with Crippen molar-refractivity contribution in [1.29, 1.82) is 0 Å². The molecule has 3 atom stereocenters. The Hall–Kier alpha value is -1.84. The van der Waals surface area contributed by atoms with Crippen molar-refractivity contribution in [3.63, 3.8) is 0 Å². The number of nitrogens with one attached hydrogen (secondary N) is 1. The highest BCUT2D eigenvalue weighted by Gasteiger charge is 2.37. The number of benzene rings is 1. The molecule has 1 aliphatic rings. The monoisotopic (exact) mass is 317 g/mol. The van der Waals surface area contributed by atoms with Crippen molar-refractivity contribution in [3.8, 4) is 0 Å². The van der Waals surface area contributed by atoms with Crippen LogP contribution in [-0.4, -0.2) is 17.5 Å². The molecule has 1 aromatic carbocycles. The Morgan fingerprint density at radius 2 is 1.91 bits per heavy atom. The van der Waals surface area contributed by atoms with Gasteiger partial charge in [-0.25, -0.2) is 4.79 Å². The van der Waals surface area contributed by atoms with Crippen molar-refractivity contribution in [2.75, 3.05) is 0 Å². The first-order valence-corrected chi connectivity index (χ1v) is 8.35. The number of Topliss-reactive ketones (excluding diaryl/α,β-unsaturated/α-hetero) is 1. The Kier molecular flexibility index (Phi) is 5.45. The third kappa shape index (κ3) is 4.81. The zero-order valence-electron chi connectivity index (χ0n) is 14.5. The number of carbonyl (C=O) groups excluding carboxylic acids is 2. The lowest BCUT2D eigenvalue weighted by Crippen LogP contribution is -2.43. The van der Waals surface area contributed by atoms with Gasteiger partial charge in [-0.2, -0.15) is 0 Å². The number of ether oxygens (including phenoxy) is 1. The highest BCUT2D eigenvalue weighted by atomic mass is 16.6. The minimum atomic E-state index is -0.562. The molecule has 1 N–H and O–H groups in total. The number of rotatable bonds is 3. The van der Waals surface area contributed by atoms with Gasteiger partial charge in [-0.15, -0.1) is 0 Å². The van der Waals surface area contributed by atoms with Crippen LogP contribution >= 0.6 is 0 Å². The van der Waals surface area contributed by atoms with Crippen LogP contribution in [0.15, 0.2) is 30.3 Å². The minimum absolute atomic E-state index is 0.196. The molecule has 23 heavy (non-hydrogen) atoms. The van der Waals surface area contributed by atoms with Crippen LogP contribution in [0.1, 0.15) is 58.6 Å². The number of carbonyl (C=O) groups is 2. The summed E-state index contributed by atoms with van der Waals surface area (Å²) in [7, 11) is 0. The number of ketones is 1. The van der Waals surface area contributed by atoms with E-state index < -0.39 is 11.7 Å². The zero-order valence-corrected chi connectivity index (χ0v) is 14.5. The third-order valence-electron chi connectivity index (χ3n) is 4.26. The van der Waals surface area contributed by atoms with Crippen molar-refractivity contribution >= 4 is 11.9 Å². The highest BCUT2D eigenvalue weighted by molar-refractivity contribution is 5.83. The van der Waals surface area contributed by atoms with Gasteiger partial charge >= 0.3 is 6.09 Å². The van der Waals surface area contributed by atoms with Crippen LogP contribution in [0.4, 0.5) is 4.79 Å². The molecule has 1 fully saturated rings. The molecule has 0 aliphatic heterocycles. The van der Waals surface area contributed by atoms with Gasteiger partial charge in [-0.05, 0) is 45.1 Å². The molecule has 0 spiro atoms. The molecule has 4 nitrogen and oxygen atoms in total. The van der Waals surface area contributed by atoms with Gasteiger partial charge in [0.2, 0.25) is 0 Å². The largest absolute Gasteiger partial charge is 0.444 e. The number of alkyl carbamates (subject to hydrolysis) is 1. The lowest BCUT2D eigenvalue weighted by molar-refractivity contribution is -0.127. The van der Waals surface area contributed by atoms with E-state index in [1.54, 1.807) is 0 Å². The maximum Gasteiger partial charge on any atom is 0.408 e. The van der Waals surface area contributed by atoms with Gasteiger partial charge in [0.05, 0.1) is 6.04 Å². The van der Waals surface area contributed by atoms with Crippen molar-refractivity contribution in [3.05, 3.63) is 35.9 Å². The molecule has 0 radical (unpaired) electrons. The van der Waals surface area contributed by atoms with Crippen LogP contribution < -0.4 is 5.32 Å². The van der Waals surface area contributed by atoms with Gasteiger partial charge in [0.25, 0.3) is 0 Å². The molecule has 4 heteroatoms. The Labute approximate surface area is 138 Å². The smallest absolute Gasteiger partial charge is 0.408 e. The number of amides is 1. The molecule has 2 rings (SSSR count). The molecule has 0 unspecified atom stereocenters. The molecule has 1 amide bonds. The van der Waals surface area contributed by atoms with E-state index in [1.807, 2.05) is 51.1 Å². The van der Waals surface area contributed by atoms with Gasteiger partial charge in [0.15, 0.2) is 0 Å². The SMILES string of the molecule is C[C@@H]1CCCC(=O)[C@H]1[C@@H](NC(=O)OC(C)(C)C)c1ccccc1. The molecule has 126 valence electrons. The Bertz CT molecular complexity index is 547. The first kappa shape index (κ1) is 17.5. The van der Waals surface area contributed by atoms with Gasteiger partial charge in [-0.3, -0.25) is 4.79 Å². The summed E-state index contributed by atoms with van der Waals surface area (Å²) in [4.78, 5) is 24.7. The maximum atomic E-state index is 12.5. The van der Waals surface area contributed by atoms with Crippen molar-refractivity contribution in [2.24, 2.45) is 11.8 Å². The fraction of sp³-hybridized carbons (Fsp3) is 0.579. The zero-order chi connectivity index (χ0) is 17.0. The predicted octanol–water partition coefficient (Wildman–Crippen LogP) is 4.26. The molecule has 0 aromatic heterocycles. The normalized spacial score (nSPS) is 23.2. The first-order valence-electron chi connectivity index (χ1n) is 8.35. The van der Waals surface area contributed by atoms with E-state index in [4.69, 9.17) is 4.74 Å². The minimum Gasteiger partial charge on any atom is -0.444 e. The van der Waals surface area contributed by atoms with Crippen LogP contribution in [0.2, 0.25) is 0 Å². The van der Waals surface area contributed by atoms with Gasteiger partial charge in [-0.1, -0.05) is 37.3 Å². The summed E-state index contributed by atoms with van der Waals surface area (Å²) in [6.07, 6.45) is 2.06. The van der Waals surface area contributed by atoms with Crippen LogP contribution in [0.3, 0.4) is 0 Å². The second-order valence-electron chi connectivity index (χ2n) is 7.40. The molecule has 0 bridgehead atoms. The summed E-state index contributed by atoms with van der Waals surface area (Å²) in [6.45, 7) is 7.59. The van der Waals surface area contributed by atoms with Crippen molar-refractivity contribution in [1.82, 2.24) is 5.32 Å². The van der Waals surface area contributed by atoms with Gasteiger partial charge in [0.1, 0.15) is 11.4 Å². The number of hydrogen-bond acceptors (Lipinski definition) is 3. The van der Waals surface area contributed by atoms with E-state index in [2.05, 4.69) is 12.2 Å². The third-order valence-corrected chi connectivity index (χ3v) is 4.26. The van der Waals surface area contributed by atoms with E-state index in [9.17, 15) is 9.59 Å². The topological polar surface area (TPSA) is 55.4 Å². The summed E-state index contributed by atoms with van der Waals surface area (Å²) in [5.74, 6) is 0.281. The van der Waals surface area contributed by atoms with Gasteiger partial charge < -0.3 is 10.1 Å². The summed E-state index contributed by atoms with van der Waals surface area (Å²) in [6, 6.07) is 9.36. The standard InChI is InChI=1S/C19H27NO3/c1-13-9-8-12-15(21)16(13)17(14-10-6-5-7-11-14)20-18(22)23-19(2,3)4/h5-7,10-11,13,16-17H,8-9,12H2,1-4H3,(H,20,22)/t13-,16+,17+/m1/s1. The second-order valence-corrected chi connectivity index (χ2v) is 7.40. The molecule has 1 aliphatic carbocycles. The molecule has 1 aromatic rings. The van der Waals surface area contributed by atoms with E-state index in [0.717, 1.165) is 18.4 Å². The highest BCUT2D eigenvalue weighted by Crippen LogP contribution is 2.36. The van der Waals surface area contributed by atoms with E-state index >= 15 is 0 Å². The summed E-state index contributed by atoms with van der Waals surface area (Å²) in [5, 5.41) is 2.94. The van der Waals surface area contributed by atoms with Crippen LogP contribution in [0.5, 0.6) is 0 Å². The molecule has 1 saturated carbocycles. The summed E-state index contributed by atoms with van der Waals surface area (Å²) < 4.78 is 5.39. The Balaban J connectivity index is 2.25. The average Bonchev–Trinajstić information content (AvgIpc) is 2.45. The Morgan fingerprint density at radius 1 is 1.26 bits per heavy atom. The average molecular weight is 317 g/mol. The van der Waals surface area contributed by atoms with Gasteiger partial charge in [0, 0.05) is 12.3 Å².